The number of anilines is 2. The second kappa shape index (κ2) is 6.60. The summed E-state index contributed by atoms with van der Waals surface area (Å²) in [4.78, 5) is 8.55. The summed E-state index contributed by atoms with van der Waals surface area (Å²) in [6.45, 7) is 0.551. The lowest BCUT2D eigenvalue weighted by Gasteiger charge is -2.09. The first-order valence-electron chi connectivity index (χ1n) is 7.96. The number of hydrogen-bond donors (Lipinski definition) is 1. The Balaban J connectivity index is 1.46. The first-order valence-corrected chi connectivity index (χ1v) is 7.96. The summed E-state index contributed by atoms with van der Waals surface area (Å²) in [6.07, 6.45) is 3.29. The summed E-state index contributed by atoms with van der Waals surface area (Å²) in [5.41, 5.74) is 2.86. The van der Waals surface area contributed by atoms with Crippen LogP contribution in [0.15, 0.2) is 67.1 Å². The molecule has 6 heteroatoms. The molecule has 2 aromatic carbocycles. The van der Waals surface area contributed by atoms with Gasteiger partial charge in [0, 0.05) is 12.7 Å². The largest absolute Gasteiger partial charge is 0.489 e. The van der Waals surface area contributed by atoms with E-state index in [4.69, 9.17) is 4.74 Å². The van der Waals surface area contributed by atoms with Crippen molar-refractivity contribution in [2.45, 2.75) is 6.61 Å². The van der Waals surface area contributed by atoms with Gasteiger partial charge in [-0.2, -0.15) is 5.10 Å². The van der Waals surface area contributed by atoms with Gasteiger partial charge in [0.25, 0.3) is 0 Å². The Morgan fingerprint density at radius 3 is 2.60 bits per heavy atom. The van der Waals surface area contributed by atoms with Crippen molar-refractivity contribution in [3.63, 3.8) is 0 Å². The normalized spacial score (nSPS) is 10.8. The molecule has 0 saturated heterocycles. The van der Waals surface area contributed by atoms with Crippen molar-refractivity contribution in [3.8, 4) is 5.75 Å². The number of nitrogens with zero attached hydrogens (tertiary/aromatic N) is 4. The summed E-state index contributed by atoms with van der Waals surface area (Å²) >= 11 is 0. The van der Waals surface area contributed by atoms with Crippen molar-refractivity contribution in [1.29, 1.82) is 0 Å². The van der Waals surface area contributed by atoms with E-state index in [1.54, 1.807) is 10.9 Å². The first-order chi connectivity index (χ1) is 12.3. The monoisotopic (exact) mass is 331 g/mol. The minimum absolute atomic E-state index is 0.551. The molecular weight excluding hydrogens is 314 g/mol. The third kappa shape index (κ3) is 3.28. The van der Waals surface area contributed by atoms with Gasteiger partial charge in [-0.3, -0.25) is 4.68 Å². The molecule has 124 valence electrons. The molecule has 0 bridgehead atoms. The highest BCUT2D eigenvalue weighted by Gasteiger charge is 2.08. The molecule has 0 aliphatic carbocycles. The minimum atomic E-state index is 0.551. The predicted molar refractivity (Wildman–Crippen MR) is 96.8 cm³/mol. The minimum Gasteiger partial charge on any atom is -0.489 e. The quantitative estimate of drug-likeness (QED) is 0.604. The van der Waals surface area contributed by atoms with Crippen molar-refractivity contribution in [1.82, 2.24) is 19.7 Å². The molecule has 0 unspecified atom stereocenters. The first kappa shape index (κ1) is 15.1. The second-order valence-electron chi connectivity index (χ2n) is 5.65. The van der Waals surface area contributed by atoms with E-state index in [-0.39, 0.29) is 0 Å². The van der Waals surface area contributed by atoms with Gasteiger partial charge in [-0.1, -0.05) is 30.3 Å². The third-order valence-corrected chi connectivity index (χ3v) is 3.89. The molecule has 2 heterocycles. The zero-order valence-electron chi connectivity index (χ0n) is 13.8. The molecule has 6 nitrogen and oxygen atoms in total. The number of benzene rings is 2. The maximum atomic E-state index is 5.80. The van der Waals surface area contributed by atoms with Crippen LogP contribution >= 0.6 is 0 Å². The number of aromatic nitrogens is 4. The standard InChI is InChI=1S/C19H17N5O/c1-24-19-17(11-22-24)18(20-13-21-19)23-15-7-9-16(10-8-15)25-12-14-5-3-2-4-6-14/h2-11,13H,12H2,1H3,(H,20,21,23). The smallest absolute Gasteiger partial charge is 0.163 e. The second-order valence-corrected chi connectivity index (χ2v) is 5.65. The Kier molecular flexibility index (Phi) is 4.00. The van der Waals surface area contributed by atoms with Gasteiger partial charge < -0.3 is 10.1 Å². The molecule has 0 aliphatic rings. The Morgan fingerprint density at radius 2 is 1.80 bits per heavy atom. The molecule has 4 aromatic rings. The number of ether oxygens (including phenoxy) is 1. The Hall–Kier alpha value is -3.41. The lowest BCUT2D eigenvalue weighted by atomic mass is 10.2. The maximum Gasteiger partial charge on any atom is 0.163 e. The van der Waals surface area contributed by atoms with Crippen LogP contribution in [0.25, 0.3) is 11.0 Å². The fraction of sp³-hybridized carbons (Fsp3) is 0.105. The van der Waals surface area contributed by atoms with Crippen LogP contribution in [0.3, 0.4) is 0 Å². The highest BCUT2D eigenvalue weighted by molar-refractivity contribution is 5.88. The van der Waals surface area contributed by atoms with Gasteiger partial charge in [0.1, 0.15) is 24.5 Å². The van der Waals surface area contributed by atoms with Crippen LogP contribution in [-0.2, 0) is 13.7 Å². The number of fused-ring (bicyclic) bond motifs is 1. The Morgan fingerprint density at radius 1 is 1.00 bits per heavy atom. The van der Waals surface area contributed by atoms with Crippen LogP contribution in [0.1, 0.15) is 5.56 Å². The maximum absolute atomic E-state index is 5.80. The highest BCUT2D eigenvalue weighted by Crippen LogP contribution is 2.24. The van der Waals surface area contributed by atoms with Gasteiger partial charge in [0.2, 0.25) is 0 Å². The van der Waals surface area contributed by atoms with Gasteiger partial charge in [0.05, 0.1) is 11.6 Å². The summed E-state index contributed by atoms with van der Waals surface area (Å²) in [5, 5.41) is 8.40. The molecule has 0 aliphatic heterocycles. The molecule has 0 spiro atoms. The van der Waals surface area contributed by atoms with E-state index in [2.05, 4.69) is 20.4 Å². The van der Waals surface area contributed by atoms with Crippen LogP contribution < -0.4 is 10.1 Å². The van der Waals surface area contributed by atoms with Crippen LogP contribution in [-0.4, -0.2) is 19.7 Å². The van der Waals surface area contributed by atoms with E-state index in [1.807, 2.05) is 61.6 Å². The van der Waals surface area contributed by atoms with Gasteiger partial charge in [-0.15, -0.1) is 0 Å². The van der Waals surface area contributed by atoms with E-state index in [0.717, 1.165) is 33.9 Å². The van der Waals surface area contributed by atoms with E-state index in [1.165, 1.54) is 6.33 Å². The molecule has 4 rings (SSSR count). The summed E-state index contributed by atoms with van der Waals surface area (Å²) < 4.78 is 7.53. The Bertz CT molecular complexity index is 980. The third-order valence-electron chi connectivity index (χ3n) is 3.89. The number of nitrogens with one attached hydrogen (secondary N) is 1. The van der Waals surface area contributed by atoms with Crippen molar-refractivity contribution < 1.29 is 4.74 Å². The van der Waals surface area contributed by atoms with E-state index < -0.39 is 0 Å². The molecule has 2 aromatic heterocycles. The topological polar surface area (TPSA) is 64.9 Å². The SMILES string of the molecule is Cn1ncc2c(Nc3ccc(OCc4ccccc4)cc3)ncnc21. The molecule has 1 N–H and O–H groups in total. The highest BCUT2D eigenvalue weighted by atomic mass is 16.5. The number of rotatable bonds is 5. The summed E-state index contributed by atoms with van der Waals surface area (Å²) in [5.74, 6) is 1.56. The lowest BCUT2D eigenvalue weighted by Crippen LogP contribution is -1.98. The van der Waals surface area contributed by atoms with Crippen LogP contribution in [0.5, 0.6) is 5.75 Å². The lowest BCUT2D eigenvalue weighted by molar-refractivity contribution is 0.306. The van der Waals surface area contributed by atoms with Crippen molar-refractivity contribution in [2.24, 2.45) is 7.05 Å². The van der Waals surface area contributed by atoms with Gasteiger partial charge in [-0.25, -0.2) is 9.97 Å². The summed E-state index contributed by atoms with van der Waals surface area (Å²) in [6, 6.07) is 17.9. The van der Waals surface area contributed by atoms with E-state index in [0.29, 0.717) is 6.61 Å². The van der Waals surface area contributed by atoms with Crippen molar-refractivity contribution in [2.75, 3.05) is 5.32 Å². The molecule has 0 amide bonds. The Labute approximate surface area is 145 Å². The fourth-order valence-corrected chi connectivity index (χ4v) is 2.57. The van der Waals surface area contributed by atoms with Crippen molar-refractivity contribution in [3.05, 3.63) is 72.7 Å². The molecule has 0 atom stereocenters. The summed E-state index contributed by atoms with van der Waals surface area (Å²) in [7, 11) is 1.86. The fourth-order valence-electron chi connectivity index (χ4n) is 2.57. The van der Waals surface area contributed by atoms with Crippen molar-refractivity contribution >= 4 is 22.5 Å². The van der Waals surface area contributed by atoms with Gasteiger partial charge in [-0.05, 0) is 29.8 Å². The molecule has 0 radical (unpaired) electrons. The predicted octanol–water partition coefficient (Wildman–Crippen LogP) is 3.69. The zero-order chi connectivity index (χ0) is 17.1. The average Bonchev–Trinajstić information content (AvgIpc) is 3.04. The molecular formula is C19H17N5O. The van der Waals surface area contributed by atoms with E-state index >= 15 is 0 Å². The number of aryl methyl sites for hydroxylation is 1. The van der Waals surface area contributed by atoms with Crippen LogP contribution in [0.4, 0.5) is 11.5 Å². The zero-order valence-corrected chi connectivity index (χ0v) is 13.8. The molecule has 0 fully saturated rings. The van der Waals surface area contributed by atoms with Gasteiger partial charge >= 0.3 is 0 Å². The van der Waals surface area contributed by atoms with E-state index in [9.17, 15) is 0 Å². The average molecular weight is 331 g/mol. The van der Waals surface area contributed by atoms with Gasteiger partial charge in [0.15, 0.2) is 5.65 Å². The van der Waals surface area contributed by atoms with Crippen LogP contribution in [0.2, 0.25) is 0 Å². The van der Waals surface area contributed by atoms with Crippen LogP contribution in [0, 0.1) is 0 Å². The number of hydrogen-bond acceptors (Lipinski definition) is 5. The molecule has 0 saturated carbocycles. The molecule has 25 heavy (non-hydrogen) atoms.